The zero-order chi connectivity index (χ0) is 10.6. The van der Waals surface area contributed by atoms with Crippen LogP contribution in [0.4, 0.5) is 0 Å². The Kier molecular flexibility index (Phi) is 4.00. The van der Waals surface area contributed by atoms with E-state index in [-0.39, 0.29) is 5.69 Å². The molecule has 0 saturated carbocycles. The molecular formula is C9H13NO3S. The Morgan fingerprint density at radius 3 is 2.93 bits per heavy atom. The largest absolute Gasteiger partial charge is 0.476 e. The zero-order valence-corrected chi connectivity index (χ0v) is 9.00. The minimum absolute atomic E-state index is 0.0305. The molecule has 0 amide bonds. The Balaban J connectivity index is 2.40. The molecule has 0 atom stereocenters. The molecule has 0 fully saturated rings. The van der Waals surface area contributed by atoms with Gasteiger partial charge in [-0.25, -0.2) is 4.79 Å². The van der Waals surface area contributed by atoms with Gasteiger partial charge in [0.05, 0.1) is 0 Å². The van der Waals surface area contributed by atoms with Crippen LogP contribution in [0.1, 0.15) is 30.8 Å². The highest BCUT2D eigenvalue weighted by Gasteiger charge is 2.10. The Morgan fingerprint density at radius 2 is 2.43 bits per heavy atom. The van der Waals surface area contributed by atoms with Crippen LogP contribution in [0.5, 0.6) is 0 Å². The molecule has 1 N–H and O–H groups in total. The van der Waals surface area contributed by atoms with E-state index in [9.17, 15) is 4.79 Å². The molecule has 0 aliphatic rings. The van der Waals surface area contributed by atoms with Crippen LogP contribution in [0.3, 0.4) is 0 Å². The van der Waals surface area contributed by atoms with E-state index in [0.717, 1.165) is 12.2 Å². The highest BCUT2D eigenvalue weighted by molar-refractivity contribution is 7.99. The van der Waals surface area contributed by atoms with Gasteiger partial charge in [-0.05, 0) is 12.3 Å². The van der Waals surface area contributed by atoms with E-state index in [4.69, 9.17) is 9.52 Å². The van der Waals surface area contributed by atoms with Crippen LogP contribution in [-0.4, -0.2) is 21.8 Å². The number of carboxylic acids is 1. The van der Waals surface area contributed by atoms with Crippen molar-refractivity contribution in [1.29, 1.82) is 0 Å². The summed E-state index contributed by atoms with van der Waals surface area (Å²) < 4.78 is 4.98. The molecule has 0 bridgehead atoms. The number of aromatic carboxylic acids is 1. The molecule has 1 aromatic rings. The normalized spacial score (nSPS) is 10.8. The number of aromatic nitrogens is 1. The third kappa shape index (κ3) is 3.41. The average molecular weight is 215 g/mol. The summed E-state index contributed by atoms with van der Waals surface area (Å²) in [5, 5.41) is 9.01. The first-order chi connectivity index (χ1) is 6.59. The molecule has 5 heteroatoms. The molecular weight excluding hydrogens is 202 g/mol. The summed E-state index contributed by atoms with van der Waals surface area (Å²) in [4.78, 5) is 14.3. The van der Waals surface area contributed by atoms with Crippen LogP contribution in [0.25, 0.3) is 0 Å². The van der Waals surface area contributed by atoms with Crippen LogP contribution in [0.15, 0.2) is 15.9 Å². The first-order valence-electron chi connectivity index (χ1n) is 4.41. The molecule has 78 valence electrons. The van der Waals surface area contributed by atoms with Crippen molar-refractivity contribution in [2.75, 3.05) is 5.75 Å². The zero-order valence-electron chi connectivity index (χ0n) is 8.19. The topological polar surface area (TPSA) is 63.3 Å². The molecule has 1 rings (SSSR count). The van der Waals surface area contributed by atoms with Gasteiger partial charge in [0.1, 0.15) is 6.26 Å². The molecule has 0 aliphatic heterocycles. The van der Waals surface area contributed by atoms with Gasteiger partial charge >= 0.3 is 5.97 Å². The second kappa shape index (κ2) is 5.05. The van der Waals surface area contributed by atoms with E-state index >= 15 is 0 Å². The van der Waals surface area contributed by atoms with Crippen molar-refractivity contribution in [3.8, 4) is 0 Å². The van der Waals surface area contributed by atoms with Crippen molar-refractivity contribution in [3.63, 3.8) is 0 Å². The molecule has 0 aliphatic carbocycles. The number of rotatable bonds is 5. The fraction of sp³-hybridized carbons (Fsp3) is 0.556. The van der Waals surface area contributed by atoms with E-state index in [1.165, 1.54) is 18.0 Å². The van der Waals surface area contributed by atoms with Gasteiger partial charge in [-0.2, -0.15) is 4.98 Å². The summed E-state index contributed by atoms with van der Waals surface area (Å²) in [7, 11) is 0. The van der Waals surface area contributed by atoms with Crippen LogP contribution in [0.2, 0.25) is 0 Å². The van der Waals surface area contributed by atoms with Gasteiger partial charge in [-0.1, -0.05) is 25.6 Å². The van der Waals surface area contributed by atoms with E-state index < -0.39 is 5.97 Å². The third-order valence-corrected chi connectivity index (χ3v) is 2.50. The van der Waals surface area contributed by atoms with E-state index in [0.29, 0.717) is 11.1 Å². The Bertz CT molecular complexity index is 309. The maximum absolute atomic E-state index is 10.5. The van der Waals surface area contributed by atoms with Crippen molar-refractivity contribution in [1.82, 2.24) is 4.98 Å². The minimum Gasteiger partial charge on any atom is -0.476 e. The minimum atomic E-state index is -1.05. The van der Waals surface area contributed by atoms with Gasteiger partial charge in [-0.15, -0.1) is 0 Å². The van der Waals surface area contributed by atoms with Crippen LogP contribution < -0.4 is 0 Å². The number of hydrogen-bond donors (Lipinski definition) is 1. The van der Waals surface area contributed by atoms with Gasteiger partial charge in [0.2, 0.25) is 0 Å². The Labute approximate surface area is 86.7 Å². The lowest BCUT2D eigenvalue weighted by Gasteiger charge is -2.00. The second-order valence-corrected chi connectivity index (χ2v) is 4.38. The molecule has 1 heterocycles. The summed E-state index contributed by atoms with van der Waals surface area (Å²) in [5.41, 5.74) is -0.0305. The predicted molar refractivity (Wildman–Crippen MR) is 53.6 cm³/mol. The molecule has 4 nitrogen and oxygen atoms in total. The molecule has 14 heavy (non-hydrogen) atoms. The third-order valence-electron chi connectivity index (χ3n) is 1.62. The fourth-order valence-corrected chi connectivity index (χ4v) is 1.85. The van der Waals surface area contributed by atoms with Gasteiger partial charge in [0, 0.05) is 5.75 Å². The molecule has 0 spiro atoms. The summed E-state index contributed by atoms with van der Waals surface area (Å²) in [6, 6.07) is 0. The quantitative estimate of drug-likeness (QED) is 0.764. The second-order valence-electron chi connectivity index (χ2n) is 3.33. The Morgan fingerprint density at radius 1 is 1.71 bits per heavy atom. The number of thioether (sulfide) groups is 1. The van der Waals surface area contributed by atoms with Crippen molar-refractivity contribution in [3.05, 3.63) is 12.0 Å². The van der Waals surface area contributed by atoms with Crippen LogP contribution in [0, 0.1) is 5.92 Å². The lowest BCUT2D eigenvalue weighted by atomic mass is 10.2. The average Bonchev–Trinajstić information content (AvgIpc) is 2.52. The van der Waals surface area contributed by atoms with Crippen molar-refractivity contribution in [2.24, 2.45) is 5.92 Å². The van der Waals surface area contributed by atoms with Gasteiger partial charge < -0.3 is 9.52 Å². The van der Waals surface area contributed by atoms with Crippen LogP contribution in [-0.2, 0) is 0 Å². The number of nitrogens with zero attached hydrogens (tertiary/aromatic N) is 1. The molecule has 0 unspecified atom stereocenters. The molecule has 0 aromatic carbocycles. The standard InChI is InChI=1S/C9H13NO3S/c1-6(2)3-4-14-9-10-7(5-13-9)8(11)12/h5-6H,3-4H2,1-2H3,(H,11,12). The Hall–Kier alpha value is -0.970. The van der Waals surface area contributed by atoms with Gasteiger partial charge in [-0.3, -0.25) is 0 Å². The molecule has 1 aromatic heterocycles. The number of oxazole rings is 1. The monoisotopic (exact) mass is 215 g/mol. The highest BCUT2D eigenvalue weighted by Crippen LogP contribution is 2.19. The van der Waals surface area contributed by atoms with E-state index in [1.54, 1.807) is 0 Å². The fourth-order valence-electron chi connectivity index (χ4n) is 0.804. The summed E-state index contributed by atoms with van der Waals surface area (Å²) in [5.74, 6) is 0.484. The maximum Gasteiger partial charge on any atom is 0.357 e. The van der Waals surface area contributed by atoms with Crippen molar-refractivity contribution >= 4 is 17.7 Å². The van der Waals surface area contributed by atoms with Crippen molar-refractivity contribution in [2.45, 2.75) is 25.5 Å². The summed E-state index contributed by atoms with van der Waals surface area (Å²) >= 11 is 1.45. The first-order valence-corrected chi connectivity index (χ1v) is 5.39. The number of carboxylic acid groups (broad SMARTS) is 1. The SMILES string of the molecule is CC(C)CCSc1nc(C(=O)O)co1. The predicted octanol–water partition coefficient (Wildman–Crippen LogP) is 2.51. The maximum atomic E-state index is 10.5. The summed E-state index contributed by atoms with van der Waals surface area (Å²) in [6.45, 7) is 4.28. The van der Waals surface area contributed by atoms with Gasteiger partial charge in [0.25, 0.3) is 5.22 Å². The van der Waals surface area contributed by atoms with Crippen molar-refractivity contribution < 1.29 is 14.3 Å². The summed E-state index contributed by atoms with van der Waals surface area (Å²) in [6.07, 6.45) is 2.23. The lowest BCUT2D eigenvalue weighted by molar-refractivity contribution is 0.0690. The van der Waals surface area contributed by atoms with Gasteiger partial charge in [0.15, 0.2) is 5.69 Å². The molecule has 0 radical (unpaired) electrons. The molecule has 0 saturated heterocycles. The van der Waals surface area contributed by atoms with E-state index in [2.05, 4.69) is 18.8 Å². The smallest absolute Gasteiger partial charge is 0.357 e. The lowest BCUT2D eigenvalue weighted by Crippen LogP contribution is -1.95. The number of carbonyl (C=O) groups is 1. The number of hydrogen-bond acceptors (Lipinski definition) is 4. The highest BCUT2D eigenvalue weighted by atomic mass is 32.2. The first kappa shape index (κ1) is 11.1. The van der Waals surface area contributed by atoms with Crippen LogP contribution >= 0.6 is 11.8 Å². The van der Waals surface area contributed by atoms with E-state index in [1.807, 2.05) is 0 Å².